The Hall–Kier alpha value is -4.12. The summed E-state index contributed by atoms with van der Waals surface area (Å²) >= 11 is 0. The van der Waals surface area contributed by atoms with Gasteiger partial charge in [-0.1, -0.05) is 30.3 Å². The highest BCUT2D eigenvalue weighted by Crippen LogP contribution is 2.54. The minimum absolute atomic E-state index is 0.147. The molecule has 0 bridgehead atoms. The number of hydrogen-bond donors (Lipinski definition) is 0. The smallest absolute Gasteiger partial charge is 0.349 e. The van der Waals surface area contributed by atoms with E-state index >= 15 is 0 Å². The predicted octanol–water partition coefficient (Wildman–Crippen LogP) is 6.41. The molecule has 0 radical (unpaired) electrons. The Morgan fingerprint density at radius 2 is 1.46 bits per heavy atom. The van der Waals surface area contributed by atoms with Gasteiger partial charge in [0.05, 0.1) is 11.5 Å². The highest BCUT2D eigenvalue weighted by molar-refractivity contribution is 7.92. The molecule has 0 spiro atoms. The summed E-state index contributed by atoms with van der Waals surface area (Å²) in [5.41, 5.74) is -8.16. The number of carbonyl (C=O) groups excluding carboxylic acids is 2. The van der Waals surface area contributed by atoms with E-state index in [4.69, 9.17) is 0 Å². The first-order chi connectivity index (χ1) is 23.2. The fourth-order valence-corrected chi connectivity index (χ4v) is 8.50. The van der Waals surface area contributed by atoms with Crippen LogP contribution in [0.5, 0.6) is 0 Å². The number of nitrogens with zero attached hydrogens (tertiary/aromatic N) is 2. The SMILES string of the molecule is CN1CCC(C(=O)N2CC[C@](c3ccc(C(OCc4c(F)cccc4F)(C(F)(F)F)C(F)(F)F)cc3)(S(=O)(=O)c3ccc(F)cc3)C2)CC1=O. The van der Waals surface area contributed by atoms with Crippen molar-refractivity contribution in [1.82, 2.24) is 9.80 Å². The van der Waals surface area contributed by atoms with Crippen molar-refractivity contribution in [3.05, 3.63) is 101 Å². The van der Waals surface area contributed by atoms with E-state index in [9.17, 15) is 57.5 Å². The molecule has 17 heteroatoms. The van der Waals surface area contributed by atoms with Crippen molar-refractivity contribution in [3.63, 3.8) is 0 Å². The van der Waals surface area contributed by atoms with Crippen LogP contribution in [0.1, 0.15) is 36.0 Å². The minimum Gasteiger partial charge on any atom is -0.349 e. The predicted molar refractivity (Wildman–Crippen MR) is 158 cm³/mol. The number of alkyl halides is 6. The first-order valence-electron chi connectivity index (χ1n) is 15.1. The van der Waals surface area contributed by atoms with Crippen molar-refractivity contribution in [2.45, 2.75) is 53.5 Å². The molecule has 2 amide bonds. The third-order valence-electron chi connectivity index (χ3n) is 9.30. The van der Waals surface area contributed by atoms with E-state index in [0.717, 1.165) is 42.5 Å². The quantitative estimate of drug-likeness (QED) is 0.197. The number of halogens is 9. The van der Waals surface area contributed by atoms with Crippen LogP contribution in [0, 0.1) is 23.4 Å². The fourth-order valence-electron chi connectivity index (χ4n) is 6.43. The second-order valence-corrected chi connectivity index (χ2v) is 14.5. The number of likely N-dealkylation sites (tertiary alicyclic amines) is 2. The van der Waals surface area contributed by atoms with Gasteiger partial charge in [-0.15, -0.1) is 0 Å². The fraction of sp³-hybridized carbons (Fsp3) is 0.394. The molecule has 0 aromatic heterocycles. The van der Waals surface area contributed by atoms with Gasteiger partial charge in [-0.05, 0) is 54.8 Å². The van der Waals surface area contributed by atoms with Gasteiger partial charge in [-0.2, -0.15) is 26.3 Å². The molecule has 0 N–H and O–H groups in total. The van der Waals surface area contributed by atoms with E-state index in [0.29, 0.717) is 24.3 Å². The summed E-state index contributed by atoms with van der Waals surface area (Å²) in [4.78, 5) is 28.0. The van der Waals surface area contributed by atoms with E-state index in [1.807, 2.05) is 0 Å². The van der Waals surface area contributed by atoms with Gasteiger partial charge in [-0.25, -0.2) is 21.6 Å². The summed E-state index contributed by atoms with van der Waals surface area (Å²) in [7, 11) is -3.09. The normalized spacial score (nSPS) is 20.8. The summed E-state index contributed by atoms with van der Waals surface area (Å²) in [5, 5.41) is 0. The van der Waals surface area contributed by atoms with Gasteiger partial charge in [-0.3, -0.25) is 9.59 Å². The number of piperidine rings is 1. The third kappa shape index (κ3) is 6.33. The Labute approximate surface area is 280 Å². The Balaban J connectivity index is 1.59. The van der Waals surface area contributed by atoms with E-state index in [2.05, 4.69) is 4.74 Å². The molecule has 2 atom stereocenters. The number of ether oxygens (including phenoxy) is 1. The Morgan fingerprint density at radius 3 is 2.00 bits per heavy atom. The summed E-state index contributed by atoms with van der Waals surface area (Å²) in [6.45, 7) is -2.31. The molecule has 7 nitrogen and oxygen atoms in total. The molecule has 0 saturated carbocycles. The van der Waals surface area contributed by atoms with Crippen LogP contribution in [0.4, 0.5) is 39.5 Å². The summed E-state index contributed by atoms with van der Waals surface area (Å²) in [5.74, 6) is -5.34. The van der Waals surface area contributed by atoms with Gasteiger partial charge >= 0.3 is 12.4 Å². The third-order valence-corrected chi connectivity index (χ3v) is 11.8. The highest BCUT2D eigenvalue weighted by Gasteiger charge is 2.73. The molecule has 2 heterocycles. The molecule has 1 unspecified atom stereocenters. The molecular formula is C33H29F9N2O5S. The highest BCUT2D eigenvalue weighted by atomic mass is 32.2. The van der Waals surface area contributed by atoms with E-state index in [1.54, 1.807) is 7.05 Å². The molecule has 2 aliphatic heterocycles. The average molecular weight is 737 g/mol. The number of amides is 2. The monoisotopic (exact) mass is 736 g/mol. The summed E-state index contributed by atoms with van der Waals surface area (Å²) in [6.07, 6.45) is -12.7. The van der Waals surface area contributed by atoms with Crippen LogP contribution >= 0.6 is 0 Å². The molecular weight excluding hydrogens is 707 g/mol. The van der Waals surface area contributed by atoms with Crippen LogP contribution in [0.3, 0.4) is 0 Å². The molecule has 5 rings (SSSR count). The molecule has 3 aromatic carbocycles. The molecule has 2 fully saturated rings. The largest absolute Gasteiger partial charge is 0.430 e. The van der Waals surface area contributed by atoms with E-state index < -0.39 is 91.0 Å². The van der Waals surface area contributed by atoms with Crippen molar-refractivity contribution < 1.29 is 62.3 Å². The molecule has 2 aliphatic rings. The zero-order valence-electron chi connectivity index (χ0n) is 26.1. The second kappa shape index (κ2) is 13.2. The van der Waals surface area contributed by atoms with E-state index in [1.165, 1.54) is 9.80 Å². The lowest BCUT2D eigenvalue weighted by atomic mass is 9.88. The second-order valence-electron chi connectivity index (χ2n) is 12.2. The van der Waals surface area contributed by atoms with Crippen LogP contribution in [0.25, 0.3) is 0 Å². The first kappa shape index (κ1) is 37.1. The Kier molecular flexibility index (Phi) is 9.81. The summed E-state index contributed by atoms with van der Waals surface area (Å²) in [6, 6.07) is 7.85. The van der Waals surface area contributed by atoms with Gasteiger partial charge in [0, 0.05) is 50.1 Å². The average Bonchev–Trinajstić information content (AvgIpc) is 3.50. The Morgan fingerprint density at radius 1 is 0.880 bits per heavy atom. The van der Waals surface area contributed by atoms with Gasteiger partial charge in [0.25, 0.3) is 5.60 Å². The van der Waals surface area contributed by atoms with Crippen LogP contribution in [-0.2, 0) is 41.1 Å². The van der Waals surface area contributed by atoms with Crippen LogP contribution < -0.4 is 0 Å². The standard InChI is InChI=1S/C33H29F9N2O5S/c1-43-15-13-20(17-28(43)45)29(46)44-16-14-30(19-44,50(47,48)24-11-9-23(34)10-12-24)21-5-7-22(8-6-21)31(32(37,38)39,33(40,41)42)49-18-25-26(35)3-2-4-27(25)36/h2-12,20H,13-19H2,1H3/t20?,30-/m0/s1. The zero-order chi connectivity index (χ0) is 36.9. The van der Waals surface area contributed by atoms with Crippen molar-refractivity contribution in [2.24, 2.45) is 5.92 Å². The van der Waals surface area contributed by atoms with Gasteiger partial charge in [0.2, 0.25) is 11.8 Å². The van der Waals surface area contributed by atoms with Gasteiger partial charge in [0.15, 0.2) is 9.84 Å². The maximum Gasteiger partial charge on any atom is 0.430 e. The van der Waals surface area contributed by atoms with Crippen molar-refractivity contribution in [1.29, 1.82) is 0 Å². The maximum atomic E-state index is 14.5. The zero-order valence-corrected chi connectivity index (χ0v) is 26.9. The lowest BCUT2D eigenvalue weighted by molar-refractivity contribution is -0.392. The van der Waals surface area contributed by atoms with E-state index in [-0.39, 0.29) is 43.8 Å². The van der Waals surface area contributed by atoms with Crippen LogP contribution in [-0.4, -0.2) is 69.1 Å². The number of sulfone groups is 1. The lowest BCUT2D eigenvalue weighted by Gasteiger charge is -2.38. The first-order valence-corrected chi connectivity index (χ1v) is 16.6. The van der Waals surface area contributed by atoms with Gasteiger partial charge < -0.3 is 14.5 Å². The molecule has 0 aliphatic carbocycles. The maximum absolute atomic E-state index is 14.5. The molecule has 270 valence electrons. The number of hydrogen-bond acceptors (Lipinski definition) is 5. The van der Waals surface area contributed by atoms with Gasteiger partial charge in [0.1, 0.15) is 22.2 Å². The number of carbonyl (C=O) groups is 2. The molecule has 3 aromatic rings. The van der Waals surface area contributed by atoms with Crippen molar-refractivity contribution in [3.8, 4) is 0 Å². The number of rotatable bonds is 8. The molecule has 2 saturated heterocycles. The molecule has 50 heavy (non-hydrogen) atoms. The van der Waals surface area contributed by atoms with Crippen molar-refractivity contribution >= 4 is 21.7 Å². The lowest BCUT2D eigenvalue weighted by Crippen LogP contribution is -2.56. The van der Waals surface area contributed by atoms with Crippen LogP contribution in [0.15, 0.2) is 71.6 Å². The van der Waals surface area contributed by atoms with Crippen molar-refractivity contribution in [2.75, 3.05) is 26.7 Å². The van der Waals surface area contributed by atoms with Crippen LogP contribution in [0.2, 0.25) is 0 Å². The minimum atomic E-state index is -6.24. The Bertz CT molecular complexity index is 1830. The topological polar surface area (TPSA) is 84.0 Å². The number of benzene rings is 3. The summed E-state index contributed by atoms with van der Waals surface area (Å²) < 4.78 is 160.